The van der Waals surface area contributed by atoms with E-state index in [1.54, 1.807) is 20.8 Å². The van der Waals surface area contributed by atoms with E-state index < -0.39 is 65.0 Å². The molecule has 2 unspecified atom stereocenters. The molecule has 10 heteroatoms. The standard InChI is InChI=1S/C21H24F4N2O4/c1-20(2,3)31-19(30)27-7-6-14(21(24,25)10-27)13-9-15(22)12(8-16(13)23)11-4-5-17(28)26-18(11)29/h8-9,11,14H,4-7,10H2,1-3H3,(H,26,28,29). The number of amides is 3. The molecule has 0 radical (unpaired) electrons. The van der Waals surface area contributed by atoms with E-state index in [2.05, 4.69) is 5.32 Å². The van der Waals surface area contributed by atoms with Crippen molar-refractivity contribution < 1.29 is 36.7 Å². The lowest BCUT2D eigenvalue weighted by atomic mass is 9.83. The maximum absolute atomic E-state index is 14.8. The maximum Gasteiger partial charge on any atom is 0.410 e. The van der Waals surface area contributed by atoms with E-state index in [0.29, 0.717) is 6.07 Å². The van der Waals surface area contributed by atoms with Gasteiger partial charge in [0.1, 0.15) is 17.2 Å². The third-order valence-electron chi connectivity index (χ3n) is 5.36. The number of hydrogen-bond acceptors (Lipinski definition) is 4. The molecule has 2 fully saturated rings. The highest BCUT2D eigenvalue weighted by atomic mass is 19.3. The number of imide groups is 1. The smallest absolute Gasteiger partial charge is 0.410 e. The number of halogens is 4. The van der Waals surface area contributed by atoms with Crippen LogP contribution < -0.4 is 5.32 Å². The molecule has 1 aromatic rings. The van der Waals surface area contributed by atoms with Crippen LogP contribution in [0.5, 0.6) is 0 Å². The molecule has 3 amide bonds. The Hall–Kier alpha value is -2.65. The average molecular weight is 444 g/mol. The number of nitrogens with zero attached hydrogens (tertiary/aromatic N) is 1. The van der Waals surface area contributed by atoms with Crippen molar-refractivity contribution in [1.82, 2.24) is 10.2 Å². The van der Waals surface area contributed by atoms with Gasteiger partial charge in [0.05, 0.1) is 18.4 Å². The van der Waals surface area contributed by atoms with Crippen LogP contribution in [0.4, 0.5) is 22.4 Å². The highest BCUT2D eigenvalue weighted by molar-refractivity contribution is 6.00. The number of nitrogens with one attached hydrogen (secondary N) is 1. The predicted molar refractivity (Wildman–Crippen MR) is 102 cm³/mol. The molecule has 2 aliphatic rings. The van der Waals surface area contributed by atoms with Gasteiger partial charge in [-0.05, 0) is 51.3 Å². The van der Waals surface area contributed by atoms with Crippen LogP contribution in [0.15, 0.2) is 12.1 Å². The first-order chi connectivity index (χ1) is 14.3. The van der Waals surface area contributed by atoms with E-state index in [4.69, 9.17) is 4.74 Å². The van der Waals surface area contributed by atoms with Gasteiger partial charge in [0.15, 0.2) is 0 Å². The van der Waals surface area contributed by atoms with Gasteiger partial charge in [-0.25, -0.2) is 22.4 Å². The van der Waals surface area contributed by atoms with Gasteiger partial charge in [0.2, 0.25) is 11.8 Å². The number of likely N-dealkylation sites (tertiary alicyclic amines) is 1. The molecule has 2 aliphatic heterocycles. The van der Waals surface area contributed by atoms with Crippen molar-refractivity contribution in [3.63, 3.8) is 0 Å². The van der Waals surface area contributed by atoms with Gasteiger partial charge in [-0.15, -0.1) is 0 Å². The van der Waals surface area contributed by atoms with Crippen LogP contribution in [0.25, 0.3) is 0 Å². The first-order valence-electron chi connectivity index (χ1n) is 9.97. The summed E-state index contributed by atoms with van der Waals surface area (Å²) in [4.78, 5) is 36.2. The Balaban J connectivity index is 1.82. The van der Waals surface area contributed by atoms with E-state index in [0.717, 1.165) is 11.0 Å². The summed E-state index contributed by atoms with van der Waals surface area (Å²) in [6, 6.07) is 1.44. The molecule has 1 N–H and O–H groups in total. The molecule has 2 atom stereocenters. The molecule has 0 spiro atoms. The van der Waals surface area contributed by atoms with E-state index in [1.165, 1.54) is 0 Å². The van der Waals surface area contributed by atoms with Crippen molar-refractivity contribution in [3.8, 4) is 0 Å². The van der Waals surface area contributed by atoms with Crippen molar-refractivity contribution in [1.29, 1.82) is 0 Å². The third-order valence-corrected chi connectivity index (χ3v) is 5.36. The summed E-state index contributed by atoms with van der Waals surface area (Å²) in [5, 5.41) is 2.06. The second-order valence-electron chi connectivity index (χ2n) is 8.90. The molecule has 170 valence electrons. The predicted octanol–water partition coefficient (Wildman–Crippen LogP) is 3.84. The van der Waals surface area contributed by atoms with Crippen molar-refractivity contribution >= 4 is 17.9 Å². The number of carbonyl (C=O) groups is 3. The summed E-state index contributed by atoms with van der Waals surface area (Å²) in [6.07, 6.45) is -1.21. The highest BCUT2D eigenvalue weighted by Crippen LogP contribution is 2.42. The van der Waals surface area contributed by atoms with Crippen LogP contribution in [0.3, 0.4) is 0 Å². The van der Waals surface area contributed by atoms with Crippen molar-refractivity contribution in [2.24, 2.45) is 0 Å². The Morgan fingerprint density at radius 3 is 2.32 bits per heavy atom. The number of ether oxygens (including phenoxy) is 1. The lowest BCUT2D eigenvalue weighted by Gasteiger charge is -2.39. The fraction of sp³-hybridized carbons (Fsp3) is 0.571. The van der Waals surface area contributed by atoms with Gasteiger partial charge in [-0.1, -0.05) is 0 Å². The third kappa shape index (κ3) is 4.99. The van der Waals surface area contributed by atoms with E-state index in [-0.39, 0.29) is 31.4 Å². The molecule has 31 heavy (non-hydrogen) atoms. The summed E-state index contributed by atoms with van der Waals surface area (Å²) >= 11 is 0. The van der Waals surface area contributed by atoms with Crippen LogP contribution >= 0.6 is 0 Å². The van der Waals surface area contributed by atoms with Gasteiger partial charge in [0, 0.05) is 18.5 Å². The molecule has 3 rings (SSSR count). The fourth-order valence-corrected chi connectivity index (χ4v) is 3.91. The number of carbonyl (C=O) groups excluding carboxylic acids is 3. The topological polar surface area (TPSA) is 75.7 Å². The second kappa shape index (κ2) is 8.12. The minimum Gasteiger partial charge on any atom is -0.444 e. The number of piperidine rings is 2. The van der Waals surface area contributed by atoms with E-state index in [9.17, 15) is 31.9 Å². The Morgan fingerprint density at radius 1 is 1.13 bits per heavy atom. The second-order valence-corrected chi connectivity index (χ2v) is 8.90. The van der Waals surface area contributed by atoms with Gasteiger partial charge in [-0.3, -0.25) is 14.9 Å². The number of benzene rings is 1. The Bertz CT molecular complexity index is 913. The van der Waals surface area contributed by atoms with E-state index in [1.807, 2.05) is 0 Å². The minimum atomic E-state index is -3.52. The monoisotopic (exact) mass is 444 g/mol. The number of hydrogen-bond donors (Lipinski definition) is 1. The highest BCUT2D eigenvalue weighted by Gasteiger charge is 2.48. The van der Waals surface area contributed by atoms with E-state index >= 15 is 0 Å². The minimum absolute atomic E-state index is 0.00477. The molecule has 0 aliphatic carbocycles. The molecule has 0 bridgehead atoms. The largest absolute Gasteiger partial charge is 0.444 e. The molecule has 2 heterocycles. The van der Waals surface area contributed by atoms with Crippen LogP contribution in [0.1, 0.15) is 63.0 Å². The molecular weight excluding hydrogens is 420 g/mol. The van der Waals surface area contributed by atoms with Gasteiger partial charge < -0.3 is 9.64 Å². The van der Waals surface area contributed by atoms with Crippen LogP contribution in [0.2, 0.25) is 0 Å². The normalized spacial score (nSPS) is 24.0. The Morgan fingerprint density at radius 2 is 1.74 bits per heavy atom. The summed E-state index contributed by atoms with van der Waals surface area (Å²) in [5.41, 5.74) is -1.65. The lowest BCUT2D eigenvalue weighted by molar-refractivity contribution is -0.134. The molecule has 6 nitrogen and oxygen atoms in total. The van der Waals surface area contributed by atoms with Crippen LogP contribution in [-0.2, 0) is 14.3 Å². The maximum atomic E-state index is 14.8. The molecule has 2 saturated heterocycles. The SMILES string of the molecule is CC(C)(C)OC(=O)N1CCC(c2cc(F)c(C3CCC(=O)NC3=O)cc2F)C(F)(F)C1. The molecule has 0 saturated carbocycles. The molecule has 1 aromatic carbocycles. The summed E-state index contributed by atoms with van der Waals surface area (Å²) in [7, 11) is 0. The number of alkyl halides is 2. The first kappa shape index (κ1) is 23.0. The molecule has 0 aromatic heterocycles. The fourth-order valence-electron chi connectivity index (χ4n) is 3.91. The zero-order valence-electron chi connectivity index (χ0n) is 17.4. The van der Waals surface area contributed by atoms with Gasteiger partial charge >= 0.3 is 6.09 Å². The van der Waals surface area contributed by atoms with Crippen molar-refractivity contribution in [3.05, 3.63) is 34.9 Å². The summed E-state index contributed by atoms with van der Waals surface area (Å²) in [5.74, 6) is -9.54. The summed E-state index contributed by atoms with van der Waals surface area (Å²) < 4.78 is 64.3. The summed E-state index contributed by atoms with van der Waals surface area (Å²) in [6.45, 7) is 3.74. The van der Waals surface area contributed by atoms with Crippen molar-refractivity contribution in [2.45, 2.75) is 63.4 Å². The zero-order chi connectivity index (χ0) is 23.1. The molecular formula is C21H24F4N2O4. The zero-order valence-corrected chi connectivity index (χ0v) is 17.4. The Kier molecular flexibility index (Phi) is 6.03. The van der Waals surface area contributed by atoms with Gasteiger partial charge in [-0.2, -0.15) is 0 Å². The average Bonchev–Trinajstić information content (AvgIpc) is 2.62. The quantitative estimate of drug-likeness (QED) is 0.556. The number of rotatable bonds is 2. The van der Waals surface area contributed by atoms with Crippen LogP contribution in [-0.4, -0.2) is 47.4 Å². The van der Waals surface area contributed by atoms with Crippen molar-refractivity contribution in [2.75, 3.05) is 13.1 Å². The Labute approximate surface area is 176 Å². The van der Waals surface area contributed by atoms with Crippen LogP contribution in [0, 0.1) is 11.6 Å². The van der Waals surface area contributed by atoms with Gasteiger partial charge in [0.25, 0.3) is 5.92 Å². The lowest BCUT2D eigenvalue weighted by Crippen LogP contribution is -2.51. The first-order valence-corrected chi connectivity index (χ1v) is 9.97.